The summed E-state index contributed by atoms with van der Waals surface area (Å²) in [5, 5.41) is 15.5. The molecule has 0 aliphatic rings. The Labute approximate surface area is 99.6 Å². The summed E-state index contributed by atoms with van der Waals surface area (Å²) in [6.45, 7) is 5.77. The van der Waals surface area contributed by atoms with Crippen LogP contribution in [0.1, 0.15) is 20.8 Å². The van der Waals surface area contributed by atoms with E-state index in [0.717, 1.165) is 6.54 Å². The highest BCUT2D eigenvalue weighted by molar-refractivity contribution is 5.94. The van der Waals surface area contributed by atoms with Crippen LogP contribution in [-0.4, -0.2) is 26.8 Å². The molecule has 0 saturated heterocycles. The molecule has 0 radical (unpaired) electrons. The van der Waals surface area contributed by atoms with Crippen LogP contribution in [0.2, 0.25) is 0 Å². The highest BCUT2D eigenvalue weighted by Gasteiger charge is 2.25. The summed E-state index contributed by atoms with van der Waals surface area (Å²) in [5.41, 5.74) is 0.585. The molecule has 0 aliphatic heterocycles. The van der Waals surface area contributed by atoms with Crippen LogP contribution in [0.4, 0.5) is 5.69 Å². The number of hydrogen-bond donors (Lipinski definition) is 2. The lowest BCUT2D eigenvalue weighted by Gasteiger charge is -2.14. The van der Waals surface area contributed by atoms with Crippen molar-refractivity contribution in [2.24, 2.45) is 11.8 Å². The fourth-order valence-electron chi connectivity index (χ4n) is 1.30. The topological polar surface area (TPSA) is 84.2 Å². The molecular formula is C11H17N3O3. The van der Waals surface area contributed by atoms with Crippen LogP contribution >= 0.6 is 0 Å². The first-order valence-corrected chi connectivity index (χ1v) is 5.51. The Bertz CT molecular complexity index is 414. The van der Waals surface area contributed by atoms with Crippen LogP contribution in [0.3, 0.4) is 0 Å². The molecule has 0 fully saturated rings. The molecule has 1 amide bonds. The van der Waals surface area contributed by atoms with Crippen molar-refractivity contribution in [2.45, 2.75) is 27.3 Å². The smallest absolute Gasteiger partial charge is 0.307 e. The molecule has 0 aromatic carbocycles. The molecule has 0 saturated carbocycles. The van der Waals surface area contributed by atoms with Crippen molar-refractivity contribution in [3.8, 4) is 0 Å². The van der Waals surface area contributed by atoms with E-state index in [0.29, 0.717) is 5.69 Å². The van der Waals surface area contributed by atoms with Crippen LogP contribution in [0.25, 0.3) is 0 Å². The Morgan fingerprint density at radius 3 is 2.59 bits per heavy atom. The number of aliphatic carboxylic acids is 1. The van der Waals surface area contributed by atoms with Crippen LogP contribution in [0.15, 0.2) is 12.4 Å². The maximum Gasteiger partial charge on any atom is 0.307 e. The van der Waals surface area contributed by atoms with E-state index in [1.54, 1.807) is 24.0 Å². The number of carboxylic acids is 1. The van der Waals surface area contributed by atoms with Crippen molar-refractivity contribution in [1.29, 1.82) is 0 Å². The van der Waals surface area contributed by atoms with Gasteiger partial charge >= 0.3 is 5.97 Å². The van der Waals surface area contributed by atoms with Crippen LogP contribution in [0, 0.1) is 11.8 Å². The summed E-state index contributed by atoms with van der Waals surface area (Å²) in [5.74, 6) is -2.58. The van der Waals surface area contributed by atoms with Crippen molar-refractivity contribution in [3.63, 3.8) is 0 Å². The zero-order valence-electron chi connectivity index (χ0n) is 10.2. The number of hydrogen-bond acceptors (Lipinski definition) is 3. The van der Waals surface area contributed by atoms with Gasteiger partial charge in [0.05, 0.1) is 17.8 Å². The van der Waals surface area contributed by atoms with E-state index in [9.17, 15) is 9.59 Å². The van der Waals surface area contributed by atoms with Crippen LogP contribution in [-0.2, 0) is 16.1 Å². The van der Waals surface area contributed by atoms with E-state index in [-0.39, 0.29) is 5.91 Å². The van der Waals surface area contributed by atoms with Gasteiger partial charge in [0, 0.05) is 18.7 Å². The predicted octanol–water partition coefficient (Wildman–Crippen LogP) is 1.20. The Kier molecular flexibility index (Phi) is 4.25. The summed E-state index contributed by atoms with van der Waals surface area (Å²) < 4.78 is 1.68. The molecule has 1 aromatic rings. The zero-order valence-corrected chi connectivity index (χ0v) is 10.2. The number of amides is 1. The average molecular weight is 239 g/mol. The number of carbonyl (C=O) groups is 2. The molecule has 17 heavy (non-hydrogen) atoms. The number of nitrogens with zero attached hydrogens (tertiary/aromatic N) is 2. The van der Waals surface area contributed by atoms with Gasteiger partial charge in [-0.15, -0.1) is 0 Å². The maximum absolute atomic E-state index is 11.7. The number of carboxylic acid groups (broad SMARTS) is 1. The van der Waals surface area contributed by atoms with Gasteiger partial charge in [-0.05, 0) is 6.92 Å². The van der Waals surface area contributed by atoms with E-state index in [4.69, 9.17) is 5.11 Å². The predicted molar refractivity (Wildman–Crippen MR) is 62.5 cm³/mol. The zero-order chi connectivity index (χ0) is 13.0. The molecule has 0 bridgehead atoms. The summed E-state index contributed by atoms with van der Waals surface area (Å²) in [6.07, 6.45) is 3.25. The van der Waals surface area contributed by atoms with Crippen molar-refractivity contribution >= 4 is 17.6 Å². The quantitative estimate of drug-likeness (QED) is 0.808. The summed E-state index contributed by atoms with van der Waals surface area (Å²) >= 11 is 0. The van der Waals surface area contributed by atoms with Crippen molar-refractivity contribution in [1.82, 2.24) is 9.78 Å². The minimum atomic E-state index is -0.975. The third kappa shape index (κ3) is 3.30. The highest BCUT2D eigenvalue weighted by Crippen LogP contribution is 2.14. The van der Waals surface area contributed by atoms with Gasteiger partial charge in [-0.25, -0.2) is 0 Å². The van der Waals surface area contributed by atoms with Gasteiger partial charge in [0.1, 0.15) is 0 Å². The number of nitrogens with one attached hydrogen (secondary N) is 1. The lowest BCUT2D eigenvalue weighted by atomic mass is 9.95. The van der Waals surface area contributed by atoms with Gasteiger partial charge in [-0.3, -0.25) is 14.3 Å². The summed E-state index contributed by atoms with van der Waals surface area (Å²) in [7, 11) is 0. The fourth-order valence-corrected chi connectivity index (χ4v) is 1.30. The van der Waals surface area contributed by atoms with Crippen LogP contribution in [0.5, 0.6) is 0 Å². The van der Waals surface area contributed by atoms with E-state index in [2.05, 4.69) is 10.4 Å². The molecule has 1 heterocycles. The molecule has 0 aliphatic carbocycles. The Balaban J connectivity index is 2.62. The molecule has 0 spiro atoms. The minimum absolute atomic E-state index is 0.310. The summed E-state index contributed by atoms with van der Waals surface area (Å²) in [4.78, 5) is 22.5. The lowest BCUT2D eigenvalue weighted by Crippen LogP contribution is -2.29. The van der Waals surface area contributed by atoms with E-state index in [1.165, 1.54) is 6.92 Å². The first-order chi connectivity index (χ1) is 7.95. The van der Waals surface area contributed by atoms with Crippen molar-refractivity contribution < 1.29 is 14.7 Å². The lowest BCUT2D eigenvalue weighted by molar-refractivity contribution is -0.145. The Morgan fingerprint density at radius 2 is 2.12 bits per heavy atom. The average Bonchev–Trinajstić information content (AvgIpc) is 2.74. The second-order valence-electron chi connectivity index (χ2n) is 3.99. The van der Waals surface area contributed by atoms with Crippen molar-refractivity contribution in [2.75, 3.05) is 5.32 Å². The fraction of sp³-hybridized carbons (Fsp3) is 0.545. The monoisotopic (exact) mass is 239 g/mol. The number of aromatic nitrogens is 2. The van der Waals surface area contributed by atoms with E-state index >= 15 is 0 Å². The second kappa shape index (κ2) is 5.47. The first kappa shape index (κ1) is 13.2. The van der Waals surface area contributed by atoms with Crippen LogP contribution < -0.4 is 5.32 Å². The maximum atomic E-state index is 11.7. The molecule has 1 rings (SSSR count). The minimum Gasteiger partial charge on any atom is -0.481 e. The normalized spacial score (nSPS) is 14.1. The Hall–Kier alpha value is -1.85. The van der Waals surface area contributed by atoms with Gasteiger partial charge in [-0.1, -0.05) is 13.8 Å². The van der Waals surface area contributed by atoms with Gasteiger partial charge in [0.25, 0.3) is 0 Å². The first-order valence-electron chi connectivity index (χ1n) is 5.51. The summed E-state index contributed by atoms with van der Waals surface area (Å²) in [6, 6.07) is 0. The number of rotatable bonds is 5. The SMILES string of the molecule is CCn1cc(NC(=O)C(C)C(C)C(=O)O)cn1. The van der Waals surface area contributed by atoms with E-state index in [1.807, 2.05) is 6.92 Å². The van der Waals surface area contributed by atoms with E-state index < -0.39 is 17.8 Å². The molecule has 6 heteroatoms. The molecular weight excluding hydrogens is 222 g/mol. The molecule has 94 valence electrons. The standard InChI is InChI=1S/C11H17N3O3/c1-4-14-6-9(5-12-14)13-10(15)7(2)8(3)11(16)17/h5-8H,4H2,1-3H3,(H,13,15)(H,16,17). The third-order valence-electron chi connectivity index (χ3n) is 2.78. The Morgan fingerprint density at radius 1 is 1.47 bits per heavy atom. The highest BCUT2D eigenvalue weighted by atomic mass is 16.4. The van der Waals surface area contributed by atoms with Gasteiger partial charge in [-0.2, -0.15) is 5.10 Å². The molecule has 2 atom stereocenters. The second-order valence-corrected chi connectivity index (χ2v) is 3.99. The molecule has 6 nitrogen and oxygen atoms in total. The number of anilines is 1. The number of carbonyl (C=O) groups excluding carboxylic acids is 1. The molecule has 1 aromatic heterocycles. The van der Waals surface area contributed by atoms with Gasteiger partial charge in [0.15, 0.2) is 0 Å². The van der Waals surface area contributed by atoms with Crippen molar-refractivity contribution in [3.05, 3.63) is 12.4 Å². The molecule has 2 N–H and O–H groups in total. The third-order valence-corrected chi connectivity index (χ3v) is 2.78. The van der Waals surface area contributed by atoms with Gasteiger partial charge < -0.3 is 10.4 Å². The largest absolute Gasteiger partial charge is 0.481 e. The molecule has 2 unspecified atom stereocenters. The van der Waals surface area contributed by atoms with Gasteiger partial charge in [0.2, 0.25) is 5.91 Å². The number of aryl methyl sites for hydroxylation is 1.